The number of hydrogen-bond acceptors (Lipinski definition) is 2. The largest absolute Gasteiger partial charge is 0.457 e. The molecule has 0 aliphatic carbocycles. The predicted octanol–water partition coefficient (Wildman–Crippen LogP) is 4.68. The normalized spacial score (nSPS) is 10.5. The minimum Gasteiger partial charge on any atom is -0.457 e. The lowest BCUT2D eigenvalue weighted by molar-refractivity contribution is 0.488. The molecular formula is C17H13BrN2O. The number of ether oxygens (including phenoxy) is 1. The first-order valence-corrected chi connectivity index (χ1v) is 7.24. The molecule has 0 aliphatic rings. The van der Waals surface area contributed by atoms with Crippen LogP contribution in [0.4, 0.5) is 0 Å². The van der Waals surface area contributed by atoms with Crippen LogP contribution in [0.3, 0.4) is 0 Å². The van der Waals surface area contributed by atoms with Crippen molar-refractivity contribution in [2.75, 3.05) is 0 Å². The quantitative estimate of drug-likeness (QED) is 0.537. The molecule has 0 atom stereocenters. The summed E-state index contributed by atoms with van der Waals surface area (Å²) in [6.07, 6.45) is 0. The zero-order chi connectivity index (χ0) is 14.8. The lowest BCUT2D eigenvalue weighted by Gasteiger charge is -2.11. The summed E-state index contributed by atoms with van der Waals surface area (Å²) in [5.41, 5.74) is 6.35. The Labute approximate surface area is 131 Å². The van der Waals surface area contributed by atoms with Gasteiger partial charge in [0.05, 0.1) is 0 Å². The molecule has 0 radical (unpaired) electrons. The van der Waals surface area contributed by atoms with Crippen molar-refractivity contribution in [1.29, 1.82) is 5.41 Å². The lowest BCUT2D eigenvalue weighted by atomic mass is 10.0. The molecule has 0 aromatic heterocycles. The monoisotopic (exact) mass is 340 g/mol. The highest BCUT2D eigenvalue weighted by Crippen LogP contribution is 2.32. The van der Waals surface area contributed by atoms with Gasteiger partial charge >= 0.3 is 0 Å². The van der Waals surface area contributed by atoms with E-state index in [4.69, 9.17) is 15.9 Å². The van der Waals surface area contributed by atoms with E-state index in [-0.39, 0.29) is 5.84 Å². The van der Waals surface area contributed by atoms with Gasteiger partial charge in [0.2, 0.25) is 0 Å². The minimum absolute atomic E-state index is 0.0568. The predicted molar refractivity (Wildman–Crippen MR) is 89.2 cm³/mol. The summed E-state index contributed by atoms with van der Waals surface area (Å²) in [7, 11) is 0. The van der Waals surface area contributed by atoms with Crippen molar-refractivity contribution < 1.29 is 4.74 Å². The summed E-state index contributed by atoms with van der Waals surface area (Å²) in [6.45, 7) is 0. The topological polar surface area (TPSA) is 59.1 Å². The van der Waals surface area contributed by atoms with E-state index in [0.29, 0.717) is 5.56 Å². The molecule has 3 aromatic rings. The molecule has 0 saturated heterocycles. The van der Waals surface area contributed by atoms with Crippen LogP contribution >= 0.6 is 15.9 Å². The maximum absolute atomic E-state index is 7.66. The van der Waals surface area contributed by atoms with Crippen LogP contribution < -0.4 is 10.5 Å². The van der Waals surface area contributed by atoms with E-state index >= 15 is 0 Å². The fourth-order valence-corrected chi connectivity index (χ4v) is 2.49. The number of nitrogens with two attached hydrogens (primary N) is 1. The molecule has 0 saturated carbocycles. The number of nitrogen functional groups attached to an aromatic ring is 1. The van der Waals surface area contributed by atoms with Crippen molar-refractivity contribution >= 4 is 32.5 Å². The van der Waals surface area contributed by atoms with Gasteiger partial charge in [-0.15, -0.1) is 0 Å². The van der Waals surface area contributed by atoms with Gasteiger partial charge < -0.3 is 10.5 Å². The first kappa shape index (κ1) is 13.6. The molecule has 0 fully saturated rings. The van der Waals surface area contributed by atoms with E-state index in [2.05, 4.69) is 15.9 Å². The third-order valence-corrected chi connectivity index (χ3v) is 3.74. The molecule has 104 valence electrons. The Balaban J connectivity index is 2.09. The Morgan fingerprint density at radius 1 is 0.905 bits per heavy atom. The van der Waals surface area contributed by atoms with Crippen molar-refractivity contribution in [3.05, 3.63) is 70.7 Å². The average Bonchev–Trinajstić information content (AvgIpc) is 2.49. The van der Waals surface area contributed by atoms with Gasteiger partial charge in [-0.1, -0.05) is 40.2 Å². The average molecular weight is 341 g/mol. The summed E-state index contributed by atoms with van der Waals surface area (Å²) in [4.78, 5) is 0. The first-order valence-electron chi connectivity index (χ1n) is 6.45. The summed E-state index contributed by atoms with van der Waals surface area (Å²) < 4.78 is 6.96. The minimum atomic E-state index is 0.0568. The third kappa shape index (κ3) is 2.76. The fourth-order valence-electron chi connectivity index (χ4n) is 2.22. The number of fused-ring (bicyclic) bond motifs is 1. The number of halogens is 1. The second-order valence-electron chi connectivity index (χ2n) is 4.63. The van der Waals surface area contributed by atoms with Gasteiger partial charge in [0, 0.05) is 15.4 Å². The van der Waals surface area contributed by atoms with E-state index in [1.807, 2.05) is 60.7 Å². The van der Waals surface area contributed by atoms with Crippen LogP contribution in [0.25, 0.3) is 10.8 Å². The van der Waals surface area contributed by atoms with Gasteiger partial charge in [-0.3, -0.25) is 5.41 Å². The number of rotatable bonds is 3. The summed E-state index contributed by atoms with van der Waals surface area (Å²) >= 11 is 3.40. The molecule has 0 amide bonds. The van der Waals surface area contributed by atoms with Crippen LogP contribution in [0.15, 0.2) is 65.1 Å². The highest BCUT2D eigenvalue weighted by Gasteiger charge is 2.09. The van der Waals surface area contributed by atoms with Gasteiger partial charge in [0.1, 0.15) is 17.3 Å². The SMILES string of the molecule is N=C(N)c1ccc(Oc2ccc(Br)cc2)c2ccccc12. The van der Waals surface area contributed by atoms with Crippen LogP contribution in [0.5, 0.6) is 11.5 Å². The van der Waals surface area contributed by atoms with Crippen LogP contribution in [0, 0.1) is 5.41 Å². The van der Waals surface area contributed by atoms with E-state index in [0.717, 1.165) is 26.7 Å². The Kier molecular flexibility index (Phi) is 3.62. The van der Waals surface area contributed by atoms with Crippen LogP contribution in [0.1, 0.15) is 5.56 Å². The van der Waals surface area contributed by atoms with Gasteiger partial charge in [-0.2, -0.15) is 0 Å². The van der Waals surface area contributed by atoms with Gasteiger partial charge in [-0.25, -0.2) is 0 Å². The second-order valence-corrected chi connectivity index (χ2v) is 5.54. The van der Waals surface area contributed by atoms with E-state index in [1.54, 1.807) is 0 Å². The summed E-state index contributed by atoms with van der Waals surface area (Å²) in [5.74, 6) is 1.57. The molecule has 0 bridgehead atoms. The molecule has 3 aromatic carbocycles. The van der Waals surface area contributed by atoms with Crippen LogP contribution in [0.2, 0.25) is 0 Å². The molecule has 0 unspecified atom stereocenters. The van der Waals surface area contributed by atoms with E-state index < -0.39 is 0 Å². The fraction of sp³-hybridized carbons (Fsp3) is 0. The molecule has 4 heteroatoms. The molecule has 3 N–H and O–H groups in total. The molecule has 3 nitrogen and oxygen atoms in total. The Hall–Kier alpha value is -2.33. The third-order valence-electron chi connectivity index (χ3n) is 3.22. The second kappa shape index (κ2) is 5.58. The van der Waals surface area contributed by atoms with Gasteiger partial charge in [0.15, 0.2) is 0 Å². The molecule has 0 aliphatic heterocycles. The summed E-state index contributed by atoms with van der Waals surface area (Å²) in [6, 6.07) is 19.1. The lowest BCUT2D eigenvalue weighted by Crippen LogP contribution is -2.11. The maximum atomic E-state index is 7.66. The van der Waals surface area contributed by atoms with Crippen molar-refractivity contribution in [2.24, 2.45) is 5.73 Å². The Bertz CT molecular complexity index is 813. The van der Waals surface area contributed by atoms with Gasteiger partial charge in [-0.05, 0) is 41.8 Å². The van der Waals surface area contributed by atoms with Crippen molar-refractivity contribution in [1.82, 2.24) is 0 Å². The highest BCUT2D eigenvalue weighted by atomic mass is 79.9. The molecule has 0 heterocycles. The number of hydrogen-bond donors (Lipinski definition) is 2. The number of nitrogens with one attached hydrogen (secondary N) is 1. The molecule has 21 heavy (non-hydrogen) atoms. The Morgan fingerprint density at radius 3 is 2.24 bits per heavy atom. The molecule has 3 rings (SSSR count). The molecule has 0 spiro atoms. The number of benzene rings is 3. The zero-order valence-electron chi connectivity index (χ0n) is 11.1. The number of amidine groups is 1. The van der Waals surface area contributed by atoms with Crippen LogP contribution in [-0.4, -0.2) is 5.84 Å². The highest BCUT2D eigenvalue weighted by molar-refractivity contribution is 9.10. The zero-order valence-corrected chi connectivity index (χ0v) is 12.7. The van der Waals surface area contributed by atoms with Gasteiger partial charge in [0.25, 0.3) is 0 Å². The van der Waals surface area contributed by atoms with Crippen molar-refractivity contribution in [2.45, 2.75) is 0 Å². The van der Waals surface area contributed by atoms with E-state index in [1.165, 1.54) is 0 Å². The van der Waals surface area contributed by atoms with Crippen LogP contribution in [-0.2, 0) is 0 Å². The first-order chi connectivity index (χ1) is 10.1. The molecular weight excluding hydrogens is 328 g/mol. The Morgan fingerprint density at radius 2 is 1.57 bits per heavy atom. The standard InChI is InChI=1S/C17H13BrN2O/c18-11-5-7-12(8-6-11)21-16-10-9-15(17(19)20)13-3-1-2-4-14(13)16/h1-10H,(H3,19,20). The van der Waals surface area contributed by atoms with Crippen molar-refractivity contribution in [3.8, 4) is 11.5 Å². The van der Waals surface area contributed by atoms with E-state index in [9.17, 15) is 0 Å². The summed E-state index contributed by atoms with van der Waals surface area (Å²) in [5, 5.41) is 9.52. The van der Waals surface area contributed by atoms with Crippen molar-refractivity contribution in [3.63, 3.8) is 0 Å². The smallest absolute Gasteiger partial charge is 0.135 e. The maximum Gasteiger partial charge on any atom is 0.135 e.